The van der Waals surface area contributed by atoms with E-state index in [2.05, 4.69) is 25.8 Å². The summed E-state index contributed by atoms with van der Waals surface area (Å²) in [7, 11) is 0. The molecule has 4 aliphatic heterocycles. The second-order valence-corrected chi connectivity index (χ2v) is 7.90. The fourth-order valence-electron chi connectivity index (χ4n) is 3.53. The average molecular weight is 344 g/mol. The van der Waals surface area contributed by atoms with Gasteiger partial charge in [0.25, 0.3) is 0 Å². The van der Waals surface area contributed by atoms with Gasteiger partial charge >= 0.3 is 6.09 Å². The molecule has 0 radical (unpaired) electrons. The number of amides is 1. The van der Waals surface area contributed by atoms with Crippen molar-refractivity contribution in [2.45, 2.75) is 18.4 Å². The molecule has 0 N–H and O–H groups in total. The van der Waals surface area contributed by atoms with Crippen molar-refractivity contribution in [3.8, 4) is 0 Å². The lowest BCUT2D eigenvalue weighted by atomic mass is 9.75. The highest BCUT2D eigenvalue weighted by Gasteiger charge is 2.56. The highest BCUT2D eigenvalue weighted by Crippen LogP contribution is 2.43. The summed E-state index contributed by atoms with van der Waals surface area (Å²) in [6, 6.07) is 0. The van der Waals surface area contributed by atoms with Gasteiger partial charge in [-0.15, -0.1) is 0 Å². The van der Waals surface area contributed by atoms with Crippen LogP contribution >= 0.6 is 27.3 Å². The van der Waals surface area contributed by atoms with Gasteiger partial charge in [-0.1, -0.05) is 11.3 Å². The minimum absolute atomic E-state index is 0.240. The number of nitrogens with zero attached hydrogens (tertiary/aromatic N) is 3. The number of anilines is 1. The lowest BCUT2D eigenvalue weighted by molar-refractivity contribution is -0.0881. The van der Waals surface area contributed by atoms with E-state index >= 15 is 0 Å². The van der Waals surface area contributed by atoms with Crippen LogP contribution in [0.1, 0.15) is 12.8 Å². The highest BCUT2D eigenvalue weighted by atomic mass is 79.9. The Morgan fingerprint density at radius 1 is 1.42 bits per heavy atom. The molecule has 1 atom stereocenters. The summed E-state index contributed by atoms with van der Waals surface area (Å²) in [5.74, 6) is 0.509. The molecule has 5 nitrogen and oxygen atoms in total. The molecule has 5 heterocycles. The fraction of sp³-hybridized carbons (Fsp3) is 0.667. The van der Waals surface area contributed by atoms with Crippen molar-refractivity contribution in [3.63, 3.8) is 0 Å². The molecule has 4 aliphatic rings. The standard InChI is InChI=1S/C12H14BrN3O2S/c13-9-5-14-10(19-9)16-7-12(18-11(16)17)6-15-3-1-8(12)2-4-15/h5,8H,1-4,6-7H2/t12-/m1/s1. The van der Waals surface area contributed by atoms with Crippen LogP contribution in [0.25, 0.3) is 0 Å². The van der Waals surface area contributed by atoms with Gasteiger partial charge in [-0.3, -0.25) is 4.90 Å². The Labute approximate surface area is 123 Å². The number of halogens is 1. The highest BCUT2D eigenvalue weighted by molar-refractivity contribution is 9.11. The second kappa shape index (κ2) is 4.17. The molecule has 4 saturated heterocycles. The minimum atomic E-state index is -0.300. The smallest absolute Gasteiger partial charge is 0.416 e. The van der Waals surface area contributed by atoms with Crippen molar-refractivity contribution >= 4 is 38.5 Å². The summed E-state index contributed by atoms with van der Waals surface area (Å²) in [6.45, 7) is 3.82. The van der Waals surface area contributed by atoms with Crippen LogP contribution < -0.4 is 4.90 Å². The molecule has 1 spiro atoms. The monoisotopic (exact) mass is 343 g/mol. The summed E-state index contributed by atoms with van der Waals surface area (Å²) in [4.78, 5) is 20.5. The fourth-order valence-corrected chi connectivity index (χ4v) is 4.70. The molecule has 0 unspecified atom stereocenters. The maximum Gasteiger partial charge on any atom is 0.416 e. The van der Waals surface area contributed by atoms with E-state index < -0.39 is 0 Å². The molecule has 2 bridgehead atoms. The Bertz CT molecular complexity index is 529. The number of thiazole rings is 1. The van der Waals surface area contributed by atoms with Gasteiger partial charge in [-0.25, -0.2) is 14.7 Å². The number of hydrogen-bond donors (Lipinski definition) is 0. The number of fused-ring (bicyclic) bond motifs is 2. The Balaban J connectivity index is 1.63. The third kappa shape index (κ3) is 1.82. The molecular formula is C12H14BrN3O2S. The molecular weight excluding hydrogens is 330 g/mol. The molecule has 0 aliphatic carbocycles. The summed E-state index contributed by atoms with van der Waals surface area (Å²) >= 11 is 4.86. The van der Waals surface area contributed by atoms with Crippen LogP contribution in [0, 0.1) is 5.92 Å². The number of carbonyl (C=O) groups is 1. The molecule has 1 amide bonds. The Hall–Kier alpha value is -0.660. The SMILES string of the molecule is O=C1O[C@]2(CN3CCC2CC3)CN1c1ncc(Br)s1. The Morgan fingerprint density at radius 2 is 2.21 bits per heavy atom. The third-order valence-corrected chi connectivity index (χ3v) is 5.95. The van der Waals surface area contributed by atoms with Crippen molar-refractivity contribution in [1.82, 2.24) is 9.88 Å². The van der Waals surface area contributed by atoms with Gasteiger partial charge in [0.1, 0.15) is 5.60 Å². The van der Waals surface area contributed by atoms with E-state index in [-0.39, 0.29) is 11.7 Å². The minimum Gasteiger partial charge on any atom is -0.439 e. The molecule has 4 fully saturated rings. The van der Waals surface area contributed by atoms with E-state index in [1.54, 1.807) is 11.1 Å². The molecule has 5 rings (SSSR count). The maximum atomic E-state index is 12.2. The molecule has 1 aromatic rings. The lowest BCUT2D eigenvalue weighted by Crippen LogP contribution is -2.61. The largest absolute Gasteiger partial charge is 0.439 e. The zero-order valence-corrected chi connectivity index (χ0v) is 12.7. The van der Waals surface area contributed by atoms with Gasteiger partial charge in [-0.2, -0.15) is 0 Å². The van der Waals surface area contributed by atoms with Gasteiger partial charge in [0.15, 0.2) is 5.13 Å². The van der Waals surface area contributed by atoms with Crippen molar-refractivity contribution in [3.05, 3.63) is 9.98 Å². The first kappa shape index (κ1) is 12.1. The molecule has 19 heavy (non-hydrogen) atoms. The second-order valence-electron chi connectivity index (χ2n) is 5.52. The lowest BCUT2D eigenvalue weighted by Gasteiger charge is -2.49. The van der Waals surface area contributed by atoms with E-state index in [4.69, 9.17) is 4.74 Å². The van der Waals surface area contributed by atoms with Crippen LogP contribution in [0.2, 0.25) is 0 Å². The van der Waals surface area contributed by atoms with Crippen LogP contribution in [0.5, 0.6) is 0 Å². The van der Waals surface area contributed by atoms with Crippen LogP contribution in [0.4, 0.5) is 9.93 Å². The van der Waals surface area contributed by atoms with E-state index in [9.17, 15) is 4.79 Å². The first-order valence-corrected chi connectivity index (χ1v) is 8.11. The van der Waals surface area contributed by atoms with E-state index in [0.29, 0.717) is 12.5 Å². The third-order valence-electron chi connectivity index (χ3n) is 4.46. The molecule has 0 aromatic carbocycles. The van der Waals surface area contributed by atoms with Crippen LogP contribution in [-0.4, -0.2) is 47.8 Å². The predicted octanol–water partition coefficient (Wildman–Crippen LogP) is 2.33. The van der Waals surface area contributed by atoms with Gasteiger partial charge in [0, 0.05) is 12.5 Å². The average Bonchev–Trinajstić information content (AvgIpc) is 2.95. The summed E-state index contributed by atoms with van der Waals surface area (Å²) < 4.78 is 6.73. The molecule has 7 heteroatoms. The zero-order valence-electron chi connectivity index (χ0n) is 10.3. The summed E-state index contributed by atoms with van der Waals surface area (Å²) in [6.07, 6.45) is 3.77. The first-order valence-electron chi connectivity index (χ1n) is 6.50. The van der Waals surface area contributed by atoms with Crippen LogP contribution in [0.15, 0.2) is 9.98 Å². The summed E-state index contributed by atoms with van der Waals surface area (Å²) in [5.41, 5.74) is -0.300. The van der Waals surface area contributed by atoms with Crippen LogP contribution in [-0.2, 0) is 4.74 Å². The Morgan fingerprint density at radius 3 is 2.79 bits per heavy atom. The quantitative estimate of drug-likeness (QED) is 0.785. The van der Waals surface area contributed by atoms with Gasteiger partial charge < -0.3 is 4.74 Å². The number of rotatable bonds is 1. The van der Waals surface area contributed by atoms with E-state index in [1.807, 2.05) is 0 Å². The molecule has 1 aromatic heterocycles. The maximum absolute atomic E-state index is 12.2. The zero-order chi connectivity index (χ0) is 13.0. The van der Waals surface area contributed by atoms with Crippen molar-refractivity contribution in [2.75, 3.05) is 31.1 Å². The van der Waals surface area contributed by atoms with Crippen molar-refractivity contribution in [1.29, 1.82) is 0 Å². The topological polar surface area (TPSA) is 45.7 Å². The van der Waals surface area contributed by atoms with Crippen molar-refractivity contribution in [2.24, 2.45) is 5.92 Å². The van der Waals surface area contributed by atoms with Crippen LogP contribution in [0.3, 0.4) is 0 Å². The number of hydrogen-bond acceptors (Lipinski definition) is 5. The predicted molar refractivity (Wildman–Crippen MR) is 75.5 cm³/mol. The van der Waals surface area contributed by atoms with E-state index in [0.717, 1.165) is 41.4 Å². The summed E-state index contributed by atoms with van der Waals surface area (Å²) in [5, 5.41) is 0.727. The number of ether oxygens (including phenoxy) is 1. The van der Waals surface area contributed by atoms with Gasteiger partial charge in [0.2, 0.25) is 0 Å². The van der Waals surface area contributed by atoms with E-state index in [1.165, 1.54) is 11.3 Å². The molecule has 0 saturated carbocycles. The van der Waals surface area contributed by atoms with Crippen molar-refractivity contribution < 1.29 is 9.53 Å². The first-order chi connectivity index (χ1) is 9.16. The van der Waals surface area contributed by atoms with Gasteiger partial charge in [-0.05, 0) is 41.9 Å². The normalized spacial score (nSPS) is 37.1. The number of piperidine rings is 3. The molecule has 102 valence electrons. The number of aromatic nitrogens is 1. The number of carbonyl (C=O) groups excluding carboxylic acids is 1. The Kier molecular flexibility index (Phi) is 2.65. The van der Waals surface area contributed by atoms with Gasteiger partial charge in [0.05, 0.1) is 16.5 Å².